The van der Waals surface area contributed by atoms with Crippen molar-refractivity contribution in [3.05, 3.63) is 128 Å². The molecule has 0 bridgehead atoms. The summed E-state index contributed by atoms with van der Waals surface area (Å²) in [6.07, 6.45) is 115. The standard InChI is InChI=1S/C55H96N2O3.2C27H48N2O/c1-7-8-9-10-11-12-13-14-15-16-17-18-19-20-21-22-38-58-43-49(42-57-37-36-56-44-57)60-40-24-23-39-59-48-32-34-54(5)47(41-48)28-29-50-52-31-30-51(46(4)27-25-26-45(2)3)55(52,6)35-33-53(50)54;1-3-5-7-8-9-10-11-12-13-14-15-16-17-18-19-20-23-29-24-22-28-27(29)26-30-25-21-6-4-2;1-3-5-7-8-9-10-11-12-13-14-15-16-17-18-19-20-22-29-26-28-24-27(29)25-30-23-21-6-4-2/h14-15,28,36-37,44-46,48-53H,7-13,16-27,29-35,38-43H2,1-6H3;9-10,12-13,22,24H,3-8,11,14-21,23,25-26H2,1-2H3;9-10,12-13,24,26H,3-8,11,14-23,25H2,1-2H3/b15-14-;2*10-9-,13-12-/t46?,48-,49?,50?,51?,52?,53?,54-,55+;;/m0../s1. The summed E-state index contributed by atoms with van der Waals surface area (Å²) in [5.74, 6) is 6.48. The van der Waals surface area contributed by atoms with Crippen LogP contribution in [0.2, 0.25) is 0 Å². The highest BCUT2D eigenvalue weighted by molar-refractivity contribution is 5.25. The average molecular weight is 1670 g/mol. The fourth-order valence-electron chi connectivity index (χ4n) is 20.1. The Labute approximate surface area is 741 Å². The van der Waals surface area contributed by atoms with Crippen molar-refractivity contribution in [2.75, 3.05) is 39.6 Å². The van der Waals surface area contributed by atoms with Gasteiger partial charge < -0.3 is 37.4 Å². The molecule has 4 aliphatic carbocycles. The summed E-state index contributed by atoms with van der Waals surface area (Å²) in [6.45, 7) is 33.1. The minimum atomic E-state index is 0.0539. The first-order valence-electron chi connectivity index (χ1n) is 51.9. The fourth-order valence-corrected chi connectivity index (χ4v) is 20.1. The van der Waals surface area contributed by atoms with Gasteiger partial charge in [0.1, 0.15) is 12.4 Å². The van der Waals surface area contributed by atoms with Gasteiger partial charge in [-0.2, -0.15) is 0 Å². The average Bonchev–Trinajstić information content (AvgIpc) is 1.39. The molecule has 120 heavy (non-hydrogen) atoms. The van der Waals surface area contributed by atoms with Gasteiger partial charge in [0.15, 0.2) is 0 Å². The Morgan fingerprint density at radius 3 is 1.53 bits per heavy atom. The van der Waals surface area contributed by atoms with E-state index in [2.05, 4.69) is 171 Å². The lowest BCUT2D eigenvalue weighted by Crippen LogP contribution is -2.51. The summed E-state index contributed by atoms with van der Waals surface area (Å²) in [5, 5.41) is 0. The molecule has 4 aliphatic rings. The highest BCUT2D eigenvalue weighted by Gasteiger charge is 2.59. The van der Waals surface area contributed by atoms with Crippen LogP contribution < -0.4 is 0 Å². The van der Waals surface area contributed by atoms with Crippen LogP contribution in [0.5, 0.6) is 0 Å². The van der Waals surface area contributed by atoms with E-state index in [1.807, 2.05) is 37.4 Å². The summed E-state index contributed by atoms with van der Waals surface area (Å²) in [5.41, 5.74) is 3.94. The predicted octanol–water partition coefficient (Wildman–Crippen LogP) is 32.3. The van der Waals surface area contributed by atoms with Gasteiger partial charge in [0.2, 0.25) is 0 Å². The highest BCUT2D eigenvalue weighted by Crippen LogP contribution is 2.67. The molecule has 0 aliphatic heterocycles. The molecule has 3 saturated carbocycles. The van der Waals surface area contributed by atoms with E-state index in [4.69, 9.17) is 23.7 Å². The molecule has 3 fully saturated rings. The van der Waals surface area contributed by atoms with Gasteiger partial charge >= 0.3 is 0 Å². The number of allylic oxidation sites excluding steroid dienone is 11. The van der Waals surface area contributed by atoms with Crippen molar-refractivity contribution in [2.45, 2.75) is 480 Å². The molecule has 11 heteroatoms. The van der Waals surface area contributed by atoms with Crippen LogP contribution in [0.1, 0.15) is 447 Å². The number of unbranched alkanes of at least 4 members (excludes halogenated alkanes) is 35. The van der Waals surface area contributed by atoms with Gasteiger partial charge in [-0.15, -0.1) is 0 Å². The zero-order valence-electron chi connectivity index (χ0n) is 80.3. The molecule has 11 nitrogen and oxygen atoms in total. The summed E-state index contributed by atoms with van der Waals surface area (Å²) < 4.78 is 37.4. The van der Waals surface area contributed by atoms with E-state index >= 15 is 0 Å². The maximum Gasteiger partial charge on any atom is 0.134 e. The van der Waals surface area contributed by atoms with E-state index < -0.39 is 0 Å². The lowest BCUT2D eigenvalue weighted by atomic mass is 9.47. The summed E-state index contributed by atoms with van der Waals surface area (Å²) in [7, 11) is 0. The third-order valence-corrected chi connectivity index (χ3v) is 27.6. The molecule has 3 heterocycles. The second-order valence-corrected chi connectivity index (χ2v) is 38.3. The summed E-state index contributed by atoms with van der Waals surface area (Å²) in [6, 6.07) is 0. The Morgan fingerprint density at radius 1 is 0.450 bits per heavy atom. The van der Waals surface area contributed by atoms with Gasteiger partial charge in [-0.1, -0.05) is 321 Å². The molecule has 3 aromatic heterocycles. The van der Waals surface area contributed by atoms with Gasteiger partial charge in [-0.3, -0.25) is 0 Å². The van der Waals surface area contributed by atoms with Gasteiger partial charge in [-0.05, 0) is 233 Å². The van der Waals surface area contributed by atoms with E-state index in [1.165, 1.54) is 320 Å². The van der Waals surface area contributed by atoms with Crippen LogP contribution in [0.25, 0.3) is 0 Å². The van der Waals surface area contributed by atoms with Crippen molar-refractivity contribution in [3.63, 3.8) is 0 Å². The Kier molecular flexibility index (Phi) is 63.8. The van der Waals surface area contributed by atoms with Crippen molar-refractivity contribution in [1.29, 1.82) is 0 Å². The minimum Gasteiger partial charge on any atom is -0.379 e. The van der Waals surface area contributed by atoms with Crippen molar-refractivity contribution >= 4 is 0 Å². The van der Waals surface area contributed by atoms with Crippen LogP contribution in [-0.2, 0) is 56.5 Å². The Hall–Kier alpha value is -4.13. The Morgan fingerprint density at radius 2 is 0.950 bits per heavy atom. The monoisotopic (exact) mass is 1670 g/mol. The molecule has 0 N–H and O–H groups in total. The molecule has 0 spiro atoms. The van der Waals surface area contributed by atoms with E-state index in [0.717, 1.165) is 145 Å². The number of rotatable bonds is 74. The van der Waals surface area contributed by atoms with Crippen molar-refractivity contribution in [3.8, 4) is 0 Å². The third kappa shape index (κ3) is 48.0. The predicted molar refractivity (Wildman–Crippen MR) is 516 cm³/mol. The quantitative estimate of drug-likeness (QED) is 0.0407. The molecule has 0 saturated heterocycles. The number of hydrogen-bond donors (Lipinski definition) is 0. The zero-order valence-corrected chi connectivity index (χ0v) is 80.3. The van der Waals surface area contributed by atoms with Crippen LogP contribution in [0.4, 0.5) is 0 Å². The van der Waals surface area contributed by atoms with E-state index in [1.54, 1.807) is 5.57 Å². The van der Waals surface area contributed by atoms with Gasteiger partial charge in [-0.25, -0.2) is 15.0 Å². The maximum absolute atomic E-state index is 6.61. The first-order chi connectivity index (χ1) is 59.0. The van der Waals surface area contributed by atoms with Crippen molar-refractivity contribution in [1.82, 2.24) is 28.7 Å². The molecule has 9 atom stereocenters. The second kappa shape index (κ2) is 72.0. The van der Waals surface area contributed by atoms with Gasteiger partial charge in [0, 0.05) is 70.9 Å². The van der Waals surface area contributed by atoms with Gasteiger partial charge in [0.25, 0.3) is 0 Å². The third-order valence-electron chi connectivity index (χ3n) is 27.6. The number of ether oxygens (including phenoxy) is 5. The first kappa shape index (κ1) is 106. The summed E-state index contributed by atoms with van der Waals surface area (Å²) in [4.78, 5) is 13.0. The summed E-state index contributed by atoms with van der Waals surface area (Å²) >= 11 is 0. The van der Waals surface area contributed by atoms with E-state index in [0.29, 0.717) is 36.8 Å². The highest BCUT2D eigenvalue weighted by atomic mass is 16.5. The SMILES string of the molecule is CCCCC/C=C\C/C=C\CCCCCCCCn1ccnc1COCCCCC.CCCCC/C=C\C/C=C\CCCCCCCCn1cncc1COCCCCC.CCCCCCCC/C=C\CCCCCCCCOCC(Cn1ccnc1)OCCCCO[C@H]1CC[C@@]2(C)C(=CCC3C4CCC(C(C)CCCC(C)C)[C@@]4(C)CCC32)C1. The minimum absolute atomic E-state index is 0.0539. The van der Waals surface area contributed by atoms with Crippen LogP contribution in [0, 0.1) is 46.3 Å². The normalized spacial score (nSPS) is 20.4. The molecule has 0 radical (unpaired) electrons. The topological polar surface area (TPSA) is 99.6 Å². The smallest absolute Gasteiger partial charge is 0.134 e. The molecular weight excluding hydrogens is 1470 g/mol. The second-order valence-electron chi connectivity index (χ2n) is 38.3. The number of fused-ring (bicyclic) bond motifs is 5. The largest absolute Gasteiger partial charge is 0.379 e. The zero-order chi connectivity index (χ0) is 85.6. The molecule has 7 rings (SSSR count). The van der Waals surface area contributed by atoms with E-state index in [-0.39, 0.29) is 6.10 Å². The van der Waals surface area contributed by atoms with Crippen LogP contribution in [0.3, 0.4) is 0 Å². The number of imidazole rings is 3. The maximum atomic E-state index is 6.61. The molecule has 0 aromatic carbocycles. The lowest BCUT2D eigenvalue weighted by molar-refractivity contribution is -0.0648. The Bertz CT molecular complexity index is 2880. The Balaban J connectivity index is 0.000000358. The number of aromatic nitrogens is 6. The van der Waals surface area contributed by atoms with Crippen molar-refractivity contribution in [2.24, 2.45) is 46.3 Å². The number of nitrogens with zero attached hydrogens (tertiary/aromatic N) is 6. The molecular formula is C109H192N6O5. The van der Waals surface area contributed by atoms with Crippen molar-refractivity contribution < 1.29 is 23.7 Å². The van der Waals surface area contributed by atoms with Crippen LogP contribution in [-0.4, -0.2) is 80.5 Å². The lowest BCUT2D eigenvalue weighted by Gasteiger charge is -2.58. The molecule has 0 amide bonds. The van der Waals surface area contributed by atoms with E-state index in [9.17, 15) is 0 Å². The molecule has 3 aromatic rings. The number of aryl methyl sites for hydroxylation is 2. The van der Waals surface area contributed by atoms with Crippen LogP contribution in [0.15, 0.2) is 116 Å². The van der Waals surface area contributed by atoms with Gasteiger partial charge in [0.05, 0.1) is 56.5 Å². The van der Waals surface area contributed by atoms with Crippen LogP contribution >= 0.6 is 0 Å². The molecule has 688 valence electrons. The fraction of sp³-hybridized carbons (Fsp3) is 0.807. The molecule has 6 unspecified atom stereocenters. The number of hydrogen-bond acceptors (Lipinski definition) is 8. The first-order valence-corrected chi connectivity index (χ1v) is 51.9.